The molecule has 35 heavy (non-hydrogen) atoms. The molecule has 1 aliphatic carbocycles. The molecule has 0 aliphatic heterocycles. The largest absolute Gasteiger partial charge is 0.285 e. The van der Waals surface area contributed by atoms with Gasteiger partial charge in [-0.3, -0.25) is 4.57 Å². The fraction of sp³-hybridized carbons (Fsp3) is 0.0938. The maximum absolute atomic E-state index is 5.10. The number of para-hydroxylation sites is 2. The second kappa shape index (κ2) is 6.59. The Bertz CT molecular complexity index is 1950. The molecule has 5 aromatic carbocycles. The van der Waals surface area contributed by atoms with E-state index in [1.165, 1.54) is 59.5 Å². The summed E-state index contributed by atoms with van der Waals surface area (Å²) in [5.74, 6) is 0. The van der Waals surface area contributed by atoms with E-state index in [0.29, 0.717) is 0 Å². The molecule has 2 nitrogen and oxygen atoms in total. The number of aromatic nitrogens is 2. The van der Waals surface area contributed by atoms with Crippen molar-refractivity contribution in [1.29, 1.82) is 0 Å². The Labute approximate surface area is 207 Å². The van der Waals surface area contributed by atoms with Gasteiger partial charge in [0.1, 0.15) is 0 Å². The van der Waals surface area contributed by atoms with Gasteiger partial charge in [0.15, 0.2) is 5.13 Å². The second-order valence-corrected chi connectivity index (χ2v) is 11.1. The zero-order valence-corrected chi connectivity index (χ0v) is 20.4. The summed E-state index contributed by atoms with van der Waals surface area (Å²) in [5, 5.41) is 6.18. The maximum Gasteiger partial charge on any atom is 0.195 e. The van der Waals surface area contributed by atoms with Gasteiger partial charge in [-0.15, -0.1) is 0 Å². The minimum absolute atomic E-state index is 0.0717. The molecule has 3 heteroatoms. The molecule has 2 heterocycles. The Morgan fingerprint density at radius 2 is 1.46 bits per heavy atom. The van der Waals surface area contributed by atoms with Crippen molar-refractivity contribution in [3.8, 4) is 16.3 Å². The van der Waals surface area contributed by atoms with Crippen molar-refractivity contribution in [2.75, 3.05) is 0 Å². The first kappa shape index (κ1) is 19.4. The van der Waals surface area contributed by atoms with E-state index in [9.17, 15) is 0 Å². The molecule has 0 spiro atoms. The van der Waals surface area contributed by atoms with Crippen LogP contribution in [0.2, 0.25) is 0 Å². The van der Waals surface area contributed by atoms with Gasteiger partial charge in [-0.2, -0.15) is 0 Å². The van der Waals surface area contributed by atoms with E-state index in [1.54, 1.807) is 11.3 Å². The van der Waals surface area contributed by atoms with Crippen molar-refractivity contribution in [2.24, 2.45) is 0 Å². The zero-order valence-electron chi connectivity index (χ0n) is 19.5. The van der Waals surface area contributed by atoms with Crippen molar-refractivity contribution in [3.05, 3.63) is 108 Å². The van der Waals surface area contributed by atoms with Gasteiger partial charge in [0, 0.05) is 21.8 Å². The molecule has 0 fully saturated rings. The minimum Gasteiger partial charge on any atom is -0.285 e. The molecule has 7 aromatic rings. The third-order valence-electron chi connectivity index (χ3n) is 7.81. The molecule has 1 aliphatic rings. The van der Waals surface area contributed by atoms with E-state index in [1.807, 2.05) is 0 Å². The van der Waals surface area contributed by atoms with Crippen molar-refractivity contribution in [1.82, 2.24) is 9.55 Å². The van der Waals surface area contributed by atoms with Crippen LogP contribution in [0.25, 0.3) is 59.1 Å². The first-order chi connectivity index (χ1) is 17.1. The summed E-state index contributed by atoms with van der Waals surface area (Å²) in [6.45, 7) is 4.73. The molecule has 8 rings (SSSR count). The lowest BCUT2D eigenvalue weighted by molar-refractivity contribution is 0.661. The van der Waals surface area contributed by atoms with E-state index in [0.717, 1.165) is 10.6 Å². The summed E-state index contributed by atoms with van der Waals surface area (Å²) in [4.78, 5) is 5.10. The summed E-state index contributed by atoms with van der Waals surface area (Å²) >= 11 is 1.77. The average Bonchev–Trinajstić information content (AvgIpc) is 3.52. The summed E-state index contributed by atoms with van der Waals surface area (Å²) in [6.07, 6.45) is 0. The molecular formula is C32H22N2S. The highest BCUT2D eigenvalue weighted by Crippen LogP contribution is 2.54. The number of benzene rings is 5. The van der Waals surface area contributed by atoms with Gasteiger partial charge in [0.25, 0.3) is 0 Å². The molecule has 2 aromatic heterocycles. The fourth-order valence-corrected chi connectivity index (χ4v) is 7.10. The molecule has 0 saturated carbocycles. The monoisotopic (exact) mass is 466 g/mol. The molecule has 0 atom stereocenters. The molecule has 0 bridgehead atoms. The standard InChI is InChI=1S/C32H22N2S/c1-32(2)24-16-15-22-21-11-5-7-13-27(21)34(31-33-26-12-6-8-14-28(26)35-31)30(22)29(24)23-17-19-9-3-4-10-20(19)18-25(23)32/h3-18H,1-2H3. The van der Waals surface area contributed by atoms with Gasteiger partial charge in [-0.25, -0.2) is 4.98 Å². The van der Waals surface area contributed by atoms with Crippen LogP contribution in [0.3, 0.4) is 0 Å². The third-order valence-corrected chi connectivity index (χ3v) is 8.83. The average molecular weight is 467 g/mol. The lowest BCUT2D eigenvalue weighted by Gasteiger charge is -2.21. The van der Waals surface area contributed by atoms with Crippen LogP contribution in [0.15, 0.2) is 97.1 Å². The summed E-state index contributed by atoms with van der Waals surface area (Å²) in [7, 11) is 0. The number of hydrogen-bond acceptors (Lipinski definition) is 2. The number of nitrogens with zero attached hydrogens (tertiary/aromatic N) is 2. The van der Waals surface area contributed by atoms with Crippen LogP contribution in [-0.4, -0.2) is 9.55 Å². The topological polar surface area (TPSA) is 17.8 Å². The van der Waals surface area contributed by atoms with Gasteiger partial charge >= 0.3 is 0 Å². The van der Waals surface area contributed by atoms with E-state index in [2.05, 4.69) is 115 Å². The first-order valence-electron chi connectivity index (χ1n) is 12.1. The quantitative estimate of drug-likeness (QED) is 0.236. The minimum atomic E-state index is -0.0717. The Morgan fingerprint density at radius 1 is 0.714 bits per heavy atom. The molecule has 0 amide bonds. The predicted molar refractivity (Wildman–Crippen MR) is 149 cm³/mol. The van der Waals surface area contributed by atoms with Crippen molar-refractivity contribution in [3.63, 3.8) is 0 Å². The summed E-state index contributed by atoms with van der Waals surface area (Å²) in [5.41, 5.74) is 8.95. The molecule has 0 N–H and O–H groups in total. The van der Waals surface area contributed by atoms with E-state index in [4.69, 9.17) is 4.98 Å². The highest BCUT2D eigenvalue weighted by atomic mass is 32.1. The SMILES string of the molecule is CC1(C)c2cc3ccccc3cc2-c2c1ccc1c3ccccc3n(-c3nc4ccccc4s3)c21. The van der Waals surface area contributed by atoms with Gasteiger partial charge in [-0.1, -0.05) is 91.9 Å². The Balaban J connectivity index is 1.58. The van der Waals surface area contributed by atoms with E-state index < -0.39 is 0 Å². The molecule has 0 radical (unpaired) electrons. The van der Waals surface area contributed by atoms with Crippen LogP contribution in [0.5, 0.6) is 0 Å². The Kier molecular flexibility index (Phi) is 3.64. The van der Waals surface area contributed by atoms with Crippen LogP contribution in [0.4, 0.5) is 0 Å². The smallest absolute Gasteiger partial charge is 0.195 e. The van der Waals surface area contributed by atoms with Crippen LogP contribution in [0, 0.1) is 0 Å². The van der Waals surface area contributed by atoms with Crippen LogP contribution < -0.4 is 0 Å². The Hall–Kier alpha value is -3.95. The van der Waals surface area contributed by atoms with Crippen molar-refractivity contribution < 1.29 is 0 Å². The Morgan fingerprint density at radius 3 is 2.31 bits per heavy atom. The molecule has 0 unspecified atom stereocenters. The third kappa shape index (κ3) is 2.46. The van der Waals surface area contributed by atoms with Crippen molar-refractivity contribution in [2.45, 2.75) is 19.3 Å². The number of hydrogen-bond donors (Lipinski definition) is 0. The molecule has 166 valence electrons. The summed E-state index contributed by atoms with van der Waals surface area (Å²) in [6, 6.07) is 35.4. The number of fused-ring (bicyclic) bond motifs is 9. The lowest BCUT2D eigenvalue weighted by Crippen LogP contribution is -2.14. The molecule has 0 saturated heterocycles. The summed E-state index contributed by atoms with van der Waals surface area (Å²) < 4.78 is 3.63. The van der Waals surface area contributed by atoms with Crippen LogP contribution in [0.1, 0.15) is 25.0 Å². The fourth-order valence-electron chi connectivity index (χ4n) is 6.11. The molecular weight excluding hydrogens is 444 g/mol. The highest BCUT2D eigenvalue weighted by Gasteiger charge is 2.38. The van der Waals surface area contributed by atoms with E-state index in [-0.39, 0.29) is 5.41 Å². The van der Waals surface area contributed by atoms with Gasteiger partial charge in [0.05, 0.1) is 21.3 Å². The van der Waals surface area contributed by atoms with Gasteiger partial charge < -0.3 is 0 Å². The van der Waals surface area contributed by atoms with Gasteiger partial charge in [-0.05, 0) is 57.8 Å². The van der Waals surface area contributed by atoms with Crippen LogP contribution >= 0.6 is 11.3 Å². The number of rotatable bonds is 1. The first-order valence-corrected chi connectivity index (χ1v) is 12.9. The second-order valence-electron chi connectivity index (χ2n) is 10.1. The number of thiazole rings is 1. The van der Waals surface area contributed by atoms with Crippen LogP contribution in [-0.2, 0) is 5.41 Å². The maximum atomic E-state index is 5.10. The zero-order chi connectivity index (χ0) is 23.3. The van der Waals surface area contributed by atoms with Crippen molar-refractivity contribution >= 4 is 54.1 Å². The predicted octanol–water partition coefficient (Wildman–Crippen LogP) is 8.85. The van der Waals surface area contributed by atoms with Gasteiger partial charge in [0.2, 0.25) is 0 Å². The lowest BCUT2D eigenvalue weighted by atomic mass is 9.82. The van der Waals surface area contributed by atoms with E-state index >= 15 is 0 Å². The highest BCUT2D eigenvalue weighted by molar-refractivity contribution is 7.20. The normalized spacial score (nSPS) is 14.2.